The van der Waals surface area contributed by atoms with Crippen molar-refractivity contribution in [3.8, 4) is 0 Å². The van der Waals surface area contributed by atoms with E-state index in [1.54, 1.807) is 16.4 Å². The number of benzene rings is 1. The number of hydrogen-bond donors (Lipinski definition) is 0. The van der Waals surface area contributed by atoms with E-state index in [0.717, 1.165) is 31.2 Å². The highest BCUT2D eigenvalue weighted by atomic mass is 32.2. The highest BCUT2D eigenvalue weighted by Gasteiger charge is 2.31. The second kappa shape index (κ2) is 6.06. The van der Waals surface area contributed by atoms with Crippen LogP contribution >= 0.6 is 0 Å². The van der Waals surface area contributed by atoms with Gasteiger partial charge in [0, 0.05) is 12.6 Å². The summed E-state index contributed by atoms with van der Waals surface area (Å²) >= 11 is 0. The fourth-order valence-electron chi connectivity index (χ4n) is 2.97. The summed E-state index contributed by atoms with van der Waals surface area (Å²) in [5.41, 5.74) is 0.830. The highest BCUT2D eigenvalue weighted by molar-refractivity contribution is 7.89. The van der Waals surface area contributed by atoms with Crippen molar-refractivity contribution in [3.63, 3.8) is 0 Å². The maximum atomic E-state index is 12.8. The van der Waals surface area contributed by atoms with E-state index in [9.17, 15) is 8.42 Å². The van der Waals surface area contributed by atoms with Gasteiger partial charge in [0.05, 0.1) is 4.90 Å². The maximum absolute atomic E-state index is 12.8. The Kier molecular flexibility index (Phi) is 4.63. The second-order valence-corrected chi connectivity index (χ2v) is 7.12. The third-order valence-corrected chi connectivity index (χ3v) is 6.16. The van der Waals surface area contributed by atoms with Crippen LogP contribution < -0.4 is 0 Å². The normalized spacial score (nSPS) is 17.8. The van der Waals surface area contributed by atoms with E-state index in [0.29, 0.717) is 11.4 Å². The van der Waals surface area contributed by atoms with E-state index in [4.69, 9.17) is 0 Å². The summed E-state index contributed by atoms with van der Waals surface area (Å²) in [6.07, 6.45) is 5.52. The molecule has 0 atom stereocenters. The molecule has 0 amide bonds. The maximum Gasteiger partial charge on any atom is 0.243 e. The molecule has 0 aliphatic heterocycles. The molecule has 0 heterocycles. The van der Waals surface area contributed by atoms with E-state index in [1.165, 1.54) is 6.42 Å². The minimum absolute atomic E-state index is 0.184. The summed E-state index contributed by atoms with van der Waals surface area (Å²) in [5, 5.41) is 0. The molecule has 106 valence electrons. The number of rotatable bonds is 4. The SMILES string of the molecule is CCN(C1CCCCC1)S(=O)(=O)c1ccccc1C. The zero-order chi connectivity index (χ0) is 13.9. The summed E-state index contributed by atoms with van der Waals surface area (Å²) in [6.45, 7) is 4.35. The van der Waals surface area contributed by atoms with Crippen LogP contribution in [0.4, 0.5) is 0 Å². The highest BCUT2D eigenvalue weighted by Crippen LogP contribution is 2.28. The Morgan fingerprint density at radius 2 is 1.79 bits per heavy atom. The van der Waals surface area contributed by atoms with Crippen molar-refractivity contribution in [1.82, 2.24) is 4.31 Å². The van der Waals surface area contributed by atoms with Gasteiger partial charge >= 0.3 is 0 Å². The minimum Gasteiger partial charge on any atom is -0.207 e. The van der Waals surface area contributed by atoms with E-state index < -0.39 is 10.0 Å². The summed E-state index contributed by atoms with van der Waals surface area (Å²) in [4.78, 5) is 0.461. The molecular weight excluding hydrogens is 258 g/mol. The first-order chi connectivity index (χ1) is 9.07. The third kappa shape index (κ3) is 3.00. The smallest absolute Gasteiger partial charge is 0.207 e. The molecule has 2 rings (SSSR count). The average Bonchev–Trinajstić information content (AvgIpc) is 2.40. The molecule has 0 saturated heterocycles. The molecule has 0 bridgehead atoms. The zero-order valence-corrected chi connectivity index (χ0v) is 12.6. The van der Waals surface area contributed by atoms with E-state index in [2.05, 4.69) is 0 Å². The molecule has 19 heavy (non-hydrogen) atoms. The topological polar surface area (TPSA) is 37.4 Å². The average molecular weight is 281 g/mol. The van der Waals surface area contributed by atoms with Crippen LogP contribution in [-0.4, -0.2) is 25.3 Å². The first-order valence-electron chi connectivity index (χ1n) is 7.15. The van der Waals surface area contributed by atoms with E-state index >= 15 is 0 Å². The van der Waals surface area contributed by atoms with E-state index in [-0.39, 0.29) is 6.04 Å². The molecule has 1 fully saturated rings. The molecule has 0 radical (unpaired) electrons. The molecule has 1 aliphatic carbocycles. The lowest BCUT2D eigenvalue weighted by Crippen LogP contribution is -2.41. The van der Waals surface area contributed by atoms with Crippen molar-refractivity contribution in [1.29, 1.82) is 0 Å². The summed E-state index contributed by atoms with van der Waals surface area (Å²) in [6, 6.07) is 7.45. The van der Waals surface area contributed by atoms with Crippen molar-refractivity contribution >= 4 is 10.0 Å². The number of nitrogens with zero attached hydrogens (tertiary/aromatic N) is 1. The van der Waals surface area contributed by atoms with Gasteiger partial charge in [-0.25, -0.2) is 8.42 Å². The Balaban J connectivity index is 2.33. The number of hydrogen-bond acceptors (Lipinski definition) is 2. The Morgan fingerprint density at radius 1 is 1.16 bits per heavy atom. The minimum atomic E-state index is -3.35. The van der Waals surface area contributed by atoms with Crippen molar-refractivity contribution in [3.05, 3.63) is 29.8 Å². The van der Waals surface area contributed by atoms with Gasteiger partial charge in [-0.1, -0.05) is 44.4 Å². The molecule has 3 nitrogen and oxygen atoms in total. The lowest BCUT2D eigenvalue weighted by Gasteiger charge is -2.32. The van der Waals surface area contributed by atoms with Crippen LogP contribution in [0.15, 0.2) is 29.2 Å². The first kappa shape index (κ1) is 14.5. The molecule has 1 saturated carbocycles. The van der Waals surface area contributed by atoms with Crippen LogP contribution in [0.1, 0.15) is 44.6 Å². The van der Waals surface area contributed by atoms with Gasteiger partial charge in [0.25, 0.3) is 0 Å². The van der Waals surface area contributed by atoms with Gasteiger partial charge in [0.1, 0.15) is 0 Å². The van der Waals surface area contributed by atoms with Gasteiger partial charge in [-0.2, -0.15) is 4.31 Å². The van der Waals surface area contributed by atoms with Crippen molar-refractivity contribution in [2.24, 2.45) is 0 Å². The quantitative estimate of drug-likeness (QED) is 0.849. The van der Waals surface area contributed by atoms with Crippen molar-refractivity contribution in [2.45, 2.75) is 56.9 Å². The molecule has 0 N–H and O–H groups in total. The molecule has 4 heteroatoms. The van der Waals surface area contributed by atoms with E-state index in [1.807, 2.05) is 26.0 Å². The first-order valence-corrected chi connectivity index (χ1v) is 8.59. The van der Waals surface area contributed by atoms with Crippen LogP contribution in [0.5, 0.6) is 0 Å². The summed E-state index contributed by atoms with van der Waals surface area (Å²) in [7, 11) is -3.35. The van der Waals surface area contributed by atoms with Gasteiger partial charge in [-0.15, -0.1) is 0 Å². The van der Waals surface area contributed by atoms with Crippen molar-refractivity contribution in [2.75, 3.05) is 6.54 Å². The van der Waals surface area contributed by atoms with Crippen LogP contribution in [0.3, 0.4) is 0 Å². The van der Waals surface area contributed by atoms with Gasteiger partial charge in [-0.05, 0) is 31.4 Å². The Hall–Kier alpha value is -0.870. The Bertz CT molecular complexity index is 519. The predicted molar refractivity (Wildman–Crippen MR) is 77.6 cm³/mol. The molecular formula is C15H23NO2S. The van der Waals surface area contributed by atoms with Gasteiger partial charge in [-0.3, -0.25) is 0 Å². The van der Waals surface area contributed by atoms with Crippen LogP contribution in [-0.2, 0) is 10.0 Å². The second-order valence-electron chi connectivity index (χ2n) is 5.27. The Morgan fingerprint density at radius 3 is 2.37 bits per heavy atom. The lowest BCUT2D eigenvalue weighted by molar-refractivity contribution is 0.261. The monoisotopic (exact) mass is 281 g/mol. The van der Waals surface area contributed by atoms with Gasteiger partial charge in [0.15, 0.2) is 0 Å². The van der Waals surface area contributed by atoms with Crippen LogP contribution in [0.25, 0.3) is 0 Å². The van der Waals surface area contributed by atoms with Gasteiger partial charge in [0.2, 0.25) is 10.0 Å². The molecule has 1 aromatic rings. The molecule has 1 aliphatic rings. The van der Waals surface area contributed by atoms with Gasteiger partial charge < -0.3 is 0 Å². The third-order valence-electron chi connectivity index (χ3n) is 3.97. The fourth-order valence-corrected chi connectivity index (χ4v) is 4.89. The molecule has 0 spiro atoms. The number of aryl methyl sites for hydroxylation is 1. The summed E-state index contributed by atoms with van der Waals surface area (Å²) in [5.74, 6) is 0. The predicted octanol–water partition coefficient (Wildman–Crippen LogP) is 3.34. The zero-order valence-electron chi connectivity index (χ0n) is 11.8. The van der Waals surface area contributed by atoms with Crippen LogP contribution in [0.2, 0.25) is 0 Å². The van der Waals surface area contributed by atoms with Crippen molar-refractivity contribution < 1.29 is 8.42 Å². The molecule has 0 aromatic heterocycles. The fraction of sp³-hybridized carbons (Fsp3) is 0.600. The largest absolute Gasteiger partial charge is 0.243 e. The lowest BCUT2D eigenvalue weighted by atomic mass is 9.95. The molecule has 1 aromatic carbocycles. The van der Waals surface area contributed by atoms with Crippen LogP contribution in [0, 0.1) is 6.92 Å². The standard InChI is InChI=1S/C15H23NO2S/c1-3-16(14-10-5-4-6-11-14)19(17,18)15-12-8-7-9-13(15)2/h7-9,12,14H,3-6,10-11H2,1-2H3. The molecule has 0 unspecified atom stereocenters. The number of sulfonamides is 1. The summed E-state index contributed by atoms with van der Waals surface area (Å²) < 4.78 is 27.3. The Labute approximate surface area is 116 Å².